The second-order valence-corrected chi connectivity index (χ2v) is 7.73. The van der Waals surface area contributed by atoms with Gasteiger partial charge >= 0.3 is 0 Å². The molecule has 0 aliphatic carbocycles. The van der Waals surface area contributed by atoms with Crippen LogP contribution in [0.4, 0.5) is 20.2 Å². The van der Waals surface area contributed by atoms with Crippen molar-refractivity contribution in [3.8, 4) is 0 Å². The van der Waals surface area contributed by atoms with Crippen molar-refractivity contribution in [2.75, 3.05) is 10.0 Å². The summed E-state index contributed by atoms with van der Waals surface area (Å²) < 4.78 is 53.2. The van der Waals surface area contributed by atoms with E-state index in [1.807, 2.05) is 0 Å². The molecule has 0 fully saturated rings. The molecular weight excluding hydrogens is 386 g/mol. The van der Waals surface area contributed by atoms with Crippen LogP contribution in [0.25, 0.3) is 0 Å². The fraction of sp³-hybridized carbons (Fsp3) is 0.0500. The zero-order valence-electron chi connectivity index (χ0n) is 14.7. The molecule has 0 saturated carbocycles. The molecule has 144 valence electrons. The number of rotatable bonds is 5. The van der Waals surface area contributed by atoms with Crippen molar-refractivity contribution in [3.63, 3.8) is 0 Å². The van der Waals surface area contributed by atoms with Gasteiger partial charge in [0.05, 0.1) is 4.90 Å². The standard InChI is InChI=1S/C20H16F2N2O3S/c1-13-2-5-16(22)12-19(13)23-20(25)14-3-8-17(9-4-14)24-28(26,27)18-10-6-15(21)7-11-18/h2-12,24H,1H3,(H,23,25). The molecule has 0 aromatic heterocycles. The second kappa shape index (κ2) is 7.77. The summed E-state index contributed by atoms with van der Waals surface area (Å²) >= 11 is 0. The van der Waals surface area contributed by atoms with Crippen molar-refractivity contribution in [2.45, 2.75) is 11.8 Å². The second-order valence-electron chi connectivity index (χ2n) is 6.05. The molecule has 0 heterocycles. The van der Waals surface area contributed by atoms with E-state index in [0.29, 0.717) is 11.3 Å². The Kier molecular flexibility index (Phi) is 5.41. The maximum atomic E-state index is 13.3. The highest BCUT2D eigenvalue weighted by Crippen LogP contribution is 2.19. The Morgan fingerprint density at radius 1 is 0.857 bits per heavy atom. The van der Waals surface area contributed by atoms with Crippen LogP contribution in [0.1, 0.15) is 15.9 Å². The molecule has 0 radical (unpaired) electrons. The Bertz CT molecular complexity index is 1110. The summed E-state index contributed by atoms with van der Waals surface area (Å²) in [7, 11) is -3.88. The smallest absolute Gasteiger partial charge is 0.261 e. The van der Waals surface area contributed by atoms with Crippen molar-refractivity contribution in [1.29, 1.82) is 0 Å². The van der Waals surface area contributed by atoms with Crippen molar-refractivity contribution in [1.82, 2.24) is 0 Å². The quantitative estimate of drug-likeness (QED) is 0.667. The highest BCUT2D eigenvalue weighted by Gasteiger charge is 2.15. The van der Waals surface area contributed by atoms with E-state index in [4.69, 9.17) is 0 Å². The van der Waals surface area contributed by atoms with Gasteiger partial charge in [-0.05, 0) is 73.2 Å². The van der Waals surface area contributed by atoms with Crippen LogP contribution in [0.5, 0.6) is 0 Å². The van der Waals surface area contributed by atoms with Crippen molar-refractivity contribution in [2.24, 2.45) is 0 Å². The molecule has 8 heteroatoms. The van der Waals surface area contributed by atoms with Gasteiger partial charge in [-0.3, -0.25) is 9.52 Å². The number of amides is 1. The topological polar surface area (TPSA) is 75.3 Å². The summed E-state index contributed by atoms with van der Waals surface area (Å²) in [6.07, 6.45) is 0. The van der Waals surface area contributed by atoms with Gasteiger partial charge in [-0.1, -0.05) is 6.07 Å². The van der Waals surface area contributed by atoms with Crippen LogP contribution in [-0.4, -0.2) is 14.3 Å². The van der Waals surface area contributed by atoms with E-state index in [1.165, 1.54) is 36.4 Å². The highest BCUT2D eigenvalue weighted by molar-refractivity contribution is 7.92. The summed E-state index contributed by atoms with van der Waals surface area (Å²) in [6, 6.07) is 14.2. The van der Waals surface area contributed by atoms with Gasteiger partial charge in [0.25, 0.3) is 15.9 Å². The lowest BCUT2D eigenvalue weighted by Crippen LogP contribution is -2.14. The first-order valence-electron chi connectivity index (χ1n) is 8.20. The molecule has 0 bridgehead atoms. The van der Waals surface area contributed by atoms with Crippen LogP contribution >= 0.6 is 0 Å². The van der Waals surface area contributed by atoms with Gasteiger partial charge in [0.2, 0.25) is 0 Å². The summed E-state index contributed by atoms with van der Waals surface area (Å²) in [6.45, 7) is 1.74. The average molecular weight is 402 g/mol. The van der Waals surface area contributed by atoms with E-state index < -0.39 is 27.6 Å². The first kappa shape index (κ1) is 19.5. The molecule has 0 atom stereocenters. The lowest BCUT2D eigenvalue weighted by Gasteiger charge is -2.10. The maximum absolute atomic E-state index is 13.3. The predicted molar refractivity (Wildman–Crippen MR) is 103 cm³/mol. The largest absolute Gasteiger partial charge is 0.322 e. The zero-order valence-corrected chi connectivity index (χ0v) is 15.6. The number of nitrogens with one attached hydrogen (secondary N) is 2. The minimum Gasteiger partial charge on any atom is -0.322 e. The number of benzene rings is 3. The van der Waals surface area contributed by atoms with Crippen LogP contribution in [0.2, 0.25) is 0 Å². The van der Waals surface area contributed by atoms with E-state index in [1.54, 1.807) is 13.0 Å². The Balaban J connectivity index is 1.73. The predicted octanol–water partition coefficient (Wildman–Crippen LogP) is 4.33. The SMILES string of the molecule is Cc1ccc(F)cc1NC(=O)c1ccc(NS(=O)(=O)c2ccc(F)cc2)cc1. The maximum Gasteiger partial charge on any atom is 0.261 e. The number of sulfonamides is 1. The summed E-state index contributed by atoms with van der Waals surface area (Å²) in [4.78, 5) is 12.2. The number of hydrogen-bond donors (Lipinski definition) is 2. The Hall–Kier alpha value is -3.26. The molecular formula is C20H16F2N2O3S. The fourth-order valence-corrected chi connectivity index (χ4v) is 3.50. The van der Waals surface area contributed by atoms with Crippen molar-refractivity contribution < 1.29 is 22.0 Å². The third-order valence-corrected chi connectivity index (χ3v) is 5.37. The number of halogens is 2. The van der Waals surface area contributed by atoms with Gasteiger partial charge in [0.1, 0.15) is 11.6 Å². The van der Waals surface area contributed by atoms with Crippen LogP contribution in [-0.2, 0) is 10.0 Å². The Morgan fingerprint density at radius 3 is 2.11 bits per heavy atom. The summed E-state index contributed by atoms with van der Waals surface area (Å²) in [5, 5.41) is 2.61. The Labute approximate surface area is 161 Å². The van der Waals surface area contributed by atoms with Crippen molar-refractivity contribution >= 4 is 27.3 Å². The van der Waals surface area contributed by atoms with Gasteiger partial charge in [0, 0.05) is 16.9 Å². The Morgan fingerprint density at radius 2 is 1.46 bits per heavy atom. The van der Waals surface area contributed by atoms with E-state index in [9.17, 15) is 22.0 Å². The highest BCUT2D eigenvalue weighted by atomic mass is 32.2. The minimum absolute atomic E-state index is 0.0858. The molecule has 3 aromatic carbocycles. The molecule has 0 spiro atoms. The molecule has 2 N–H and O–H groups in total. The van der Waals surface area contributed by atoms with Crippen molar-refractivity contribution in [3.05, 3.63) is 89.5 Å². The van der Waals surface area contributed by atoms with Gasteiger partial charge < -0.3 is 5.32 Å². The third kappa shape index (κ3) is 4.52. The molecule has 0 aliphatic rings. The minimum atomic E-state index is -3.88. The van der Waals surface area contributed by atoms with E-state index in [-0.39, 0.29) is 16.1 Å². The van der Waals surface area contributed by atoms with E-state index in [0.717, 1.165) is 24.3 Å². The third-order valence-electron chi connectivity index (χ3n) is 3.97. The molecule has 1 amide bonds. The molecule has 0 unspecified atom stereocenters. The number of carbonyl (C=O) groups is 1. The van der Waals surface area contributed by atoms with Crippen LogP contribution in [0.3, 0.4) is 0 Å². The number of aryl methyl sites for hydroxylation is 1. The van der Waals surface area contributed by atoms with Gasteiger partial charge in [-0.2, -0.15) is 0 Å². The first-order chi connectivity index (χ1) is 13.2. The number of carbonyl (C=O) groups excluding carboxylic acids is 1. The number of hydrogen-bond acceptors (Lipinski definition) is 3. The summed E-state index contributed by atoms with van der Waals surface area (Å²) in [5.74, 6) is -1.46. The molecule has 3 rings (SSSR count). The first-order valence-corrected chi connectivity index (χ1v) is 9.69. The monoisotopic (exact) mass is 402 g/mol. The van der Waals surface area contributed by atoms with E-state index in [2.05, 4.69) is 10.0 Å². The lowest BCUT2D eigenvalue weighted by molar-refractivity contribution is 0.102. The molecule has 28 heavy (non-hydrogen) atoms. The van der Waals surface area contributed by atoms with Crippen LogP contribution in [0.15, 0.2) is 71.6 Å². The van der Waals surface area contributed by atoms with E-state index >= 15 is 0 Å². The van der Waals surface area contributed by atoms with Gasteiger partial charge in [0.15, 0.2) is 0 Å². The summed E-state index contributed by atoms with van der Waals surface area (Å²) in [5.41, 5.74) is 1.57. The lowest BCUT2D eigenvalue weighted by atomic mass is 10.1. The van der Waals surface area contributed by atoms with Gasteiger partial charge in [-0.15, -0.1) is 0 Å². The van der Waals surface area contributed by atoms with Gasteiger partial charge in [-0.25, -0.2) is 17.2 Å². The molecule has 0 aliphatic heterocycles. The molecule has 0 saturated heterocycles. The average Bonchev–Trinajstić information content (AvgIpc) is 2.65. The van der Waals surface area contributed by atoms with Crippen LogP contribution in [0, 0.1) is 18.6 Å². The molecule has 3 aromatic rings. The fourth-order valence-electron chi connectivity index (χ4n) is 2.44. The van der Waals surface area contributed by atoms with Crippen LogP contribution < -0.4 is 10.0 Å². The number of anilines is 2. The zero-order chi connectivity index (χ0) is 20.3. The normalized spacial score (nSPS) is 11.1. The molecule has 5 nitrogen and oxygen atoms in total.